The number of aromatic nitrogens is 1. The van der Waals surface area contributed by atoms with Gasteiger partial charge in [-0.3, -0.25) is 0 Å². The number of pyridine rings is 1. The van der Waals surface area contributed by atoms with Crippen molar-refractivity contribution >= 4 is 34.8 Å². The smallest absolute Gasteiger partial charge is 0.238 e. The maximum absolute atomic E-state index is 13.1. The molecule has 0 radical (unpaired) electrons. The highest BCUT2D eigenvalue weighted by atomic mass is 35.5. The lowest BCUT2D eigenvalue weighted by atomic mass is 10.0. The van der Waals surface area contributed by atoms with Gasteiger partial charge in [0.25, 0.3) is 0 Å². The zero-order valence-corrected chi connectivity index (χ0v) is 12.9. The van der Waals surface area contributed by atoms with Crippen LogP contribution < -0.4 is 0 Å². The maximum atomic E-state index is 13.1. The third kappa shape index (κ3) is 3.84. The lowest BCUT2D eigenvalue weighted by Gasteiger charge is -2.15. The fraction of sp³-hybridized carbons (Fsp3) is 0.154. The molecule has 0 aliphatic rings. The Kier molecular flexibility index (Phi) is 4.76. The van der Waals surface area contributed by atoms with Gasteiger partial charge in [0.05, 0.1) is 15.1 Å². The van der Waals surface area contributed by atoms with Crippen LogP contribution in [-0.2, 0) is 12.4 Å². The molecule has 2 rings (SSSR count). The molecular formula is C13H4Cl3F6N. The van der Waals surface area contributed by atoms with Gasteiger partial charge in [-0.25, -0.2) is 4.98 Å². The predicted octanol–water partition coefficient (Wildman–Crippen LogP) is 6.75. The summed E-state index contributed by atoms with van der Waals surface area (Å²) in [6.07, 6.45) is -10.1. The van der Waals surface area contributed by atoms with Gasteiger partial charge >= 0.3 is 12.4 Å². The molecule has 0 amide bonds. The number of rotatable bonds is 1. The normalized spacial score (nSPS) is 12.6. The van der Waals surface area contributed by atoms with Crippen molar-refractivity contribution in [3.63, 3.8) is 0 Å². The van der Waals surface area contributed by atoms with Gasteiger partial charge in [-0.1, -0.05) is 40.9 Å². The monoisotopic (exact) mass is 393 g/mol. The number of nitrogens with zero attached hydrogens (tertiary/aromatic N) is 1. The molecule has 23 heavy (non-hydrogen) atoms. The number of halogens is 9. The van der Waals surface area contributed by atoms with Crippen LogP contribution in [0.3, 0.4) is 0 Å². The molecule has 1 nitrogen and oxygen atoms in total. The molecule has 0 saturated heterocycles. The molecule has 1 aromatic heterocycles. The summed E-state index contributed by atoms with van der Waals surface area (Å²) < 4.78 is 76.9. The largest absolute Gasteiger partial charge is 0.433 e. The van der Waals surface area contributed by atoms with E-state index >= 15 is 0 Å². The lowest BCUT2D eigenvalue weighted by Crippen LogP contribution is -2.16. The van der Waals surface area contributed by atoms with E-state index in [1.807, 2.05) is 0 Å². The molecule has 0 bridgehead atoms. The van der Waals surface area contributed by atoms with E-state index in [-0.39, 0.29) is 20.6 Å². The minimum Gasteiger partial charge on any atom is -0.238 e. The Morgan fingerprint density at radius 3 is 1.74 bits per heavy atom. The molecule has 2 aromatic rings. The highest BCUT2D eigenvalue weighted by Gasteiger charge is 2.40. The Morgan fingerprint density at radius 1 is 0.783 bits per heavy atom. The van der Waals surface area contributed by atoms with E-state index < -0.39 is 29.3 Å². The first kappa shape index (κ1) is 18.2. The Bertz CT molecular complexity index is 731. The van der Waals surface area contributed by atoms with Gasteiger partial charge in [0.1, 0.15) is 5.69 Å². The van der Waals surface area contributed by atoms with Crippen LogP contribution in [0.2, 0.25) is 15.1 Å². The molecular weight excluding hydrogens is 390 g/mol. The van der Waals surface area contributed by atoms with Gasteiger partial charge in [-0.2, -0.15) is 26.3 Å². The van der Waals surface area contributed by atoms with Crippen molar-refractivity contribution in [1.29, 1.82) is 0 Å². The SMILES string of the molecule is FC(F)(F)c1ccc(-c2cc(Cl)c(Cl)c(Cl)c2)c(C(F)(F)F)n1. The minimum atomic E-state index is -5.10. The number of benzene rings is 1. The van der Waals surface area contributed by atoms with Crippen molar-refractivity contribution in [2.75, 3.05) is 0 Å². The van der Waals surface area contributed by atoms with E-state index in [0.29, 0.717) is 12.1 Å². The van der Waals surface area contributed by atoms with Crippen molar-refractivity contribution in [1.82, 2.24) is 4.98 Å². The van der Waals surface area contributed by atoms with Crippen molar-refractivity contribution in [3.05, 3.63) is 50.7 Å². The average molecular weight is 395 g/mol. The van der Waals surface area contributed by atoms with E-state index in [1.165, 1.54) is 0 Å². The maximum Gasteiger partial charge on any atom is 0.433 e. The van der Waals surface area contributed by atoms with Gasteiger partial charge in [0, 0.05) is 5.56 Å². The molecule has 0 aliphatic heterocycles. The lowest BCUT2D eigenvalue weighted by molar-refractivity contribution is -0.149. The molecule has 1 aromatic carbocycles. The second-order valence-electron chi connectivity index (χ2n) is 4.34. The molecule has 10 heteroatoms. The quantitative estimate of drug-likeness (QED) is 0.385. The summed E-state index contributed by atoms with van der Waals surface area (Å²) in [5.41, 5.74) is -4.09. The number of hydrogen-bond donors (Lipinski definition) is 0. The van der Waals surface area contributed by atoms with Gasteiger partial charge in [0.2, 0.25) is 0 Å². The van der Waals surface area contributed by atoms with Crippen molar-refractivity contribution in [3.8, 4) is 11.1 Å². The fourth-order valence-electron chi connectivity index (χ4n) is 1.78. The predicted molar refractivity (Wildman–Crippen MR) is 74.7 cm³/mol. The standard InChI is InChI=1S/C13H4Cl3F6N/c14-7-3-5(4-8(15)10(7)16)6-1-2-9(12(17,18)19)23-11(6)13(20,21)22/h1-4H. The number of alkyl halides is 6. The molecule has 0 spiro atoms. The molecule has 0 aliphatic carbocycles. The summed E-state index contributed by atoms with van der Waals surface area (Å²) in [6, 6.07) is 3.24. The first-order chi connectivity index (χ1) is 10.4. The molecule has 1 heterocycles. The molecule has 124 valence electrons. The van der Waals surface area contributed by atoms with Crippen molar-refractivity contribution in [2.45, 2.75) is 12.4 Å². The zero-order valence-electron chi connectivity index (χ0n) is 10.7. The van der Waals surface area contributed by atoms with Crippen molar-refractivity contribution < 1.29 is 26.3 Å². The van der Waals surface area contributed by atoms with Crippen LogP contribution in [0.5, 0.6) is 0 Å². The Hall–Kier alpha value is -1.18. The van der Waals surface area contributed by atoms with Crippen LogP contribution in [0, 0.1) is 0 Å². The van der Waals surface area contributed by atoms with E-state index in [2.05, 4.69) is 4.98 Å². The van der Waals surface area contributed by atoms with Crippen LogP contribution in [0.15, 0.2) is 24.3 Å². The first-order valence-corrected chi connectivity index (χ1v) is 6.85. The topological polar surface area (TPSA) is 12.9 Å². The summed E-state index contributed by atoms with van der Waals surface area (Å²) in [7, 11) is 0. The Labute approximate surface area is 140 Å². The van der Waals surface area contributed by atoms with E-state index in [0.717, 1.165) is 12.1 Å². The first-order valence-electron chi connectivity index (χ1n) is 5.71. The van der Waals surface area contributed by atoms with E-state index in [1.54, 1.807) is 0 Å². The van der Waals surface area contributed by atoms with Crippen LogP contribution in [0.1, 0.15) is 11.4 Å². The van der Waals surface area contributed by atoms with Gasteiger partial charge in [-0.05, 0) is 23.8 Å². The van der Waals surface area contributed by atoms with Gasteiger partial charge < -0.3 is 0 Å². The summed E-state index contributed by atoms with van der Waals surface area (Å²) in [4.78, 5) is 2.70. The van der Waals surface area contributed by atoms with E-state index in [4.69, 9.17) is 34.8 Å². The third-order valence-electron chi connectivity index (χ3n) is 2.75. The average Bonchev–Trinajstić information content (AvgIpc) is 2.41. The minimum absolute atomic E-state index is 0.0782. The molecule has 0 atom stereocenters. The van der Waals surface area contributed by atoms with Crippen molar-refractivity contribution in [2.24, 2.45) is 0 Å². The molecule has 0 N–H and O–H groups in total. The van der Waals surface area contributed by atoms with Crippen LogP contribution in [-0.4, -0.2) is 4.98 Å². The van der Waals surface area contributed by atoms with Crippen LogP contribution >= 0.6 is 34.8 Å². The summed E-state index contributed by atoms with van der Waals surface area (Å²) in [5.74, 6) is 0. The molecule has 0 fully saturated rings. The third-order valence-corrected chi connectivity index (χ3v) is 3.95. The second-order valence-corrected chi connectivity index (χ2v) is 5.53. The highest BCUT2D eigenvalue weighted by Crippen LogP contribution is 2.41. The summed E-state index contributed by atoms with van der Waals surface area (Å²) in [5, 5.41) is -0.352. The second kappa shape index (κ2) is 6.03. The van der Waals surface area contributed by atoms with Crippen LogP contribution in [0.25, 0.3) is 11.1 Å². The molecule has 0 saturated carbocycles. The highest BCUT2D eigenvalue weighted by molar-refractivity contribution is 6.48. The number of hydrogen-bond acceptors (Lipinski definition) is 1. The van der Waals surface area contributed by atoms with E-state index in [9.17, 15) is 26.3 Å². The Morgan fingerprint density at radius 2 is 1.30 bits per heavy atom. The van der Waals surface area contributed by atoms with Gasteiger partial charge in [0.15, 0.2) is 5.69 Å². The Balaban J connectivity index is 2.72. The summed E-state index contributed by atoms with van der Waals surface area (Å²) in [6.45, 7) is 0. The molecule has 0 unspecified atom stereocenters. The fourth-order valence-corrected chi connectivity index (χ4v) is 2.37. The zero-order chi connectivity index (χ0) is 17.6. The van der Waals surface area contributed by atoms with Gasteiger partial charge in [-0.15, -0.1) is 0 Å². The summed E-state index contributed by atoms with van der Waals surface area (Å²) >= 11 is 17.2. The van der Waals surface area contributed by atoms with Crippen LogP contribution in [0.4, 0.5) is 26.3 Å².